The standard InChI is InChI=1S/C16H30N2O2/c1-4-20-15(19)16(17)8-5-6-14(16)7-9-18-11-12(2)10-13(18)3/h12-14H,4-11,17H2,1-3H3. The normalized spacial score (nSPS) is 38.3. The number of carbonyl (C=O) groups excluding carboxylic acids is 1. The molecule has 1 aliphatic carbocycles. The van der Waals surface area contributed by atoms with Crippen molar-refractivity contribution in [3.8, 4) is 0 Å². The lowest BCUT2D eigenvalue weighted by Crippen LogP contribution is -2.52. The van der Waals surface area contributed by atoms with Crippen LogP contribution in [0.25, 0.3) is 0 Å². The molecule has 0 bridgehead atoms. The molecule has 0 radical (unpaired) electrons. The van der Waals surface area contributed by atoms with E-state index in [-0.39, 0.29) is 11.9 Å². The molecule has 1 heterocycles. The summed E-state index contributed by atoms with van der Waals surface area (Å²) in [5, 5.41) is 0. The van der Waals surface area contributed by atoms with Gasteiger partial charge in [0.05, 0.1) is 6.61 Å². The maximum atomic E-state index is 12.1. The van der Waals surface area contributed by atoms with E-state index >= 15 is 0 Å². The smallest absolute Gasteiger partial charge is 0.326 e. The van der Waals surface area contributed by atoms with E-state index < -0.39 is 5.54 Å². The Morgan fingerprint density at radius 3 is 2.80 bits per heavy atom. The lowest BCUT2D eigenvalue weighted by Gasteiger charge is -2.31. The van der Waals surface area contributed by atoms with E-state index in [0.717, 1.165) is 38.1 Å². The summed E-state index contributed by atoms with van der Waals surface area (Å²) in [5.41, 5.74) is 5.65. The molecule has 20 heavy (non-hydrogen) atoms. The van der Waals surface area contributed by atoms with Crippen LogP contribution in [-0.2, 0) is 9.53 Å². The Bertz CT molecular complexity index is 347. The third-order valence-electron chi connectivity index (χ3n) is 5.20. The first kappa shape index (κ1) is 15.8. The number of esters is 1. The average Bonchev–Trinajstić information content (AvgIpc) is 2.91. The van der Waals surface area contributed by atoms with Gasteiger partial charge in [0, 0.05) is 12.6 Å². The van der Waals surface area contributed by atoms with Crippen LogP contribution in [0.1, 0.15) is 52.9 Å². The molecule has 2 rings (SSSR count). The number of carbonyl (C=O) groups is 1. The quantitative estimate of drug-likeness (QED) is 0.785. The summed E-state index contributed by atoms with van der Waals surface area (Å²) < 4.78 is 5.19. The SMILES string of the molecule is CCOC(=O)C1(N)CCCC1CCN1CC(C)CC1C. The Labute approximate surface area is 123 Å². The van der Waals surface area contributed by atoms with Crippen molar-refractivity contribution in [3.63, 3.8) is 0 Å². The van der Waals surface area contributed by atoms with E-state index in [1.165, 1.54) is 13.0 Å². The van der Waals surface area contributed by atoms with Gasteiger partial charge in [-0.1, -0.05) is 13.3 Å². The summed E-state index contributed by atoms with van der Waals surface area (Å²) in [6, 6.07) is 0.668. The number of hydrogen-bond acceptors (Lipinski definition) is 4. The van der Waals surface area contributed by atoms with Crippen molar-refractivity contribution >= 4 is 5.97 Å². The predicted octanol–water partition coefficient (Wildman–Crippen LogP) is 2.17. The van der Waals surface area contributed by atoms with Crippen molar-refractivity contribution in [2.24, 2.45) is 17.6 Å². The van der Waals surface area contributed by atoms with E-state index in [4.69, 9.17) is 10.5 Å². The molecule has 2 aliphatic rings. The number of nitrogens with two attached hydrogens (primary N) is 1. The maximum absolute atomic E-state index is 12.1. The molecule has 2 fully saturated rings. The van der Waals surface area contributed by atoms with Crippen LogP contribution >= 0.6 is 0 Å². The molecule has 0 aromatic rings. The van der Waals surface area contributed by atoms with E-state index in [0.29, 0.717) is 12.6 Å². The Morgan fingerprint density at radius 1 is 1.45 bits per heavy atom. The number of hydrogen-bond donors (Lipinski definition) is 1. The molecule has 4 unspecified atom stereocenters. The van der Waals surface area contributed by atoms with Crippen molar-refractivity contribution in [2.45, 2.75) is 64.5 Å². The molecule has 4 atom stereocenters. The molecule has 1 saturated heterocycles. The minimum Gasteiger partial charge on any atom is -0.465 e. The summed E-state index contributed by atoms with van der Waals surface area (Å²) in [5.74, 6) is 0.885. The molecule has 116 valence electrons. The molecule has 0 spiro atoms. The first-order chi connectivity index (χ1) is 9.47. The summed E-state index contributed by atoms with van der Waals surface area (Å²) in [4.78, 5) is 14.7. The van der Waals surface area contributed by atoms with E-state index in [2.05, 4.69) is 18.7 Å². The zero-order valence-corrected chi connectivity index (χ0v) is 13.2. The fraction of sp³-hybridized carbons (Fsp3) is 0.938. The molecular formula is C16H30N2O2. The van der Waals surface area contributed by atoms with Crippen LogP contribution in [0.2, 0.25) is 0 Å². The third kappa shape index (κ3) is 3.17. The first-order valence-corrected chi connectivity index (χ1v) is 8.17. The highest BCUT2D eigenvalue weighted by Crippen LogP contribution is 2.37. The second-order valence-corrected chi connectivity index (χ2v) is 6.82. The highest BCUT2D eigenvalue weighted by atomic mass is 16.5. The van der Waals surface area contributed by atoms with Gasteiger partial charge in [0.1, 0.15) is 5.54 Å². The van der Waals surface area contributed by atoms with Gasteiger partial charge in [-0.15, -0.1) is 0 Å². The predicted molar refractivity (Wildman–Crippen MR) is 80.3 cm³/mol. The van der Waals surface area contributed by atoms with Crippen LogP contribution in [0.3, 0.4) is 0 Å². The van der Waals surface area contributed by atoms with Crippen LogP contribution in [0.4, 0.5) is 0 Å². The van der Waals surface area contributed by atoms with Gasteiger partial charge in [0.15, 0.2) is 0 Å². The van der Waals surface area contributed by atoms with Crippen molar-refractivity contribution in [3.05, 3.63) is 0 Å². The summed E-state index contributed by atoms with van der Waals surface area (Å²) >= 11 is 0. The Hall–Kier alpha value is -0.610. The molecule has 0 aromatic heterocycles. The number of rotatable bonds is 5. The highest BCUT2D eigenvalue weighted by molar-refractivity contribution is 5.81. The van der Waals surface area contributed by atoms with Crippen molar-refractivity contribution in [1.82, 2.24) is 4.90 Å². The highest BCUT2D eigenvalue weighted by Gasteiger charge is 2.46. The van der Waals surface area contributed by atoms with Crippen molar-refractivity contribution in [1.29, 1.82) is 0 Å². The summed E-state index contributed by atoms with van der Waals surface area (Å²) in [6.45, 7) is 9.14. The lowest BCUT2D eigenvalue weighted by molar-refractivity contribution is -0.151. The summed E-state index contributed by atoms with van der Waals surface area (Å²) in [6.07, 6.45) is 5.20. The van der Waals surface area contributed by atoms with Gasteiger partial charge < -0.3 is 15.4 Å². The first-order valence-electron chi connectivity index (χ1n) is 8.17. The Morgan fingerprint density at radius 2 is 2.20 bits per heavy atom. The van der Waals surface area contributed by atoms with E-state index in [9.17, 15) is 4.79 Å². The average molecular weight is 282 g/mol. The Balaban J connectivity index is 1.90. The van der Waals surface area contributed by atoms with Gasteiger partial charge in [-0.25, -0.2) is 0 Å². The Kier molecular flexibility index (Phi) is 5.08. The maximum Gasteiger partial charge on any atom is 0.326 e. The molecule has 4 nitrogen and oxygen atoms in total. The largest absolute Gasteiger partial charge is 0.465 e. The fourth-order valence-corrected chi connectivity index (χ4v) is 4.06. The monoisotopic (exact) mass is 282 g/mol. The van der Waals surface area contributed by atoms with Crippen LogP contribution < -0.4 is 5.73 Å². The topological polar surface area (TPSA) is 55.6 Å². The number of ether oxygens (including phenoxy) is 1. The minimum atomic E-state index is -0.732. The lowest BCUT2D eigenvalue weighted by atomic mass is 9.85. The molecule has 2 N–H and O–H groups in total. The molecule has 0 aromatic carbocycles. The van der Waals surface area contributed by atoms with Crippen LogP contribution in [0.5, 0.6) is 0 Å². The van der Waals surface area contributed by atoms with Gasteiger partial charge in [-0.2, -0.15) is 0 Å². The summed E-state index contributed by atoms with van der Waals surface area (Å²) in [7, 11) is 0. The van der Waals surface area contributed by atoms with Crippen LogP contribution in [0.15, 0.2) is 0 Å². The zero-order chi connectivity index (χ0) is 14.8. The molecule has 0 amide bonds. The van der Waals surface area contributed by atoms with E-state index in [1.807, 2.05) is 6.92 Å². The molecule has 1 aliphatic heterocycles. The van der Waals surface area contributed by atoms with E-state index in [1.54, 1.807) is 0 Å². The van der Waals surface area contributed by atoms with Gasteiger partial charge in [-0.3, -0.25) is 4.79 Å². The fourth-order valence-electron chi connectivity index (χ4n) is 4.06. The van der Waals surface area contributed by atoms with Crippen molar-refractivity contribution < 1.29 is 9.53 Å². The molecule has 1 saturated carbocycles. The van der Waals surface area contributed by atoms with Gasteiger partial charge in [0.2, 0.25) is 0 Å². The van der Waals surface area contributed by atoms with Crippen LogP contribution in [0, 0.1) is 11.8 Å². The third-order valence-corrected chi connectivity index (χ3v) is 5.20. The number of likely N-dealkylation sites (tertiary alicyclic amines) is 1. The molecular weight excluding hydrogens is 252 g/mol. The molecule has 4 heteroatoms. The van der Waals surface area contributed by atoms with Crippen LogP contribution in [-0.4, -0.2) is 42.1 Å². The van der Waals surface area contributed by atoms with Gasteiger partial charge in [0.25, 0.3) is 0 Å². The second kappa shape index (κ2) is 6.44. The zero-order valence-electron chi connectivity index (χ0n) is 13.2. The van der Waals surface area contributed by atoms with Gasteiger partial charge >= 0.3 is 5.97 Å². The van der Waals surface area contributed by atoms with Crippen molar-refractivity contribution in [2.75, 3.05) is 19.7 Å². The minimum absolute atomic E-state index is 0.190. The van der Waals surface area contributed by atoms with Gasteiger partial charge in [-0.05, 0) is 57.9 Å². The number of nitrogens with zero attached hydrogens (tertiary/aromatic N) is 1. The second-order valence-electron chi connectivity index (χ2n) is 6.82.